The van der Waals surface area contributed by atoms with E-state index in [4.69, 9.17) is 0 Å². The van der Waals surface area contributed by atoms with Crippen LogP contribution in [0.3, 0.4) is 0 Å². The molecule has 0 bridgehead atoms. The molecule has 0 amide bonds. The number of ether oxygens (including phenoxy) is 1. The van der Waals surface area contributed by atoms with E-state index >= 15 is 0 Å². The summed E-state index contributed by atoms with van der Waals surface area (Å²) in [5, 5.41) is 0. The third-order valence-corrected chi connectivity index (χ3v) is 0.615. The summed E-state index contributed by atoms with van der Waals surface area (Å²) < 4.78 is 4.18. The minimum Gasteiger partial charge on any atom is -0.468 e. The number of hydrogen-bond donors (Lipinski definition) is 1. The Morgan fingerprint density at radius 3 is 2.29 bits per heavy atom. The molecule has 0 radical (unpaired) electrons. The third-order valence-electron chi connectivity index (χ3n) is 0.357. The first-order valence-corrected chi connectivity index (χ1v) is 2.12. The summed E-state index contributed by atoms with van der Waals surface area (Å²) in [5.74, 6) is -0.130. The average molecular weight is 143 g/mol. The van der Waals surface area contributed by atoms with Crippen LogP contribution in [0.15, 0.2) is 0 Å². The Hall–Kier alpha value is 0.110. The molecule has 0 heterocycles. The van der Waals surface area contributed by atoms with Gasteiger partial charge in [-0.1, -0.05) is 0 Å². The fraction of sp³-hybridized carbons (Fsp3) is 0.667. The van der Waals surface area contributed by atoms with Crippen molar-refractivity contribution < 1.29 is 9.53 Å². The molecule has 0 unspecified atom stereocenters. The zero-order valence-electron chi connectivity index (χ0n) is 3.88. The SMILES string of the molecule is COC(=O)CS.Cl. The van der Waals surface area contributed by atoms with Crippen molar-refractivity contribution in [2.24, 2.45) is 0 Å². The minimum absolute atomic E-state index is 0. The summed E-state index contributed by atoms with van der Waals surface area (Å²) in [6.45, 7) is 0. The van der Waals surface area contributed by atoms with E-state index in [9.17, 15) is 4.79 Å². The summed E-state index contributed by atoms with van der Waals surface area (Å²) in [5.41, 5.74) is 0. The Balaban J connectivity index is 0. The van der Waals surface area contributed by atoms with Crippen LogP contribution in [0.25, 0.3) is 0 Å². The molecular weight excluding hydrogens is 136 g/mol. The highest BCUT2D eigenvalue weighted by Gasteiger charge is 1.88. The topological polar surface area (TPSA) is 26.3 Å². The van der Waals surface area contributed by atoms with Crippen molar-refractivity contribution >= 4 is 31.0 Å². The molecule has 0 aromatic carbocycles. The molecular formula is C3H7ClO2S. The van der Waals surface area contributed by atoms with Crippen molar-refractivity contribution in [2.45, 2.75) is 0 Å². The van der Waals surface area contributed by atoms with Gasteiger partial charge in [-0.2, -0.15) is 12.6 Å². The fourth-order valence-corrected chi connectivity index (χ4v) is 0.194. The molecule has 7 heavy (non-hydrogen) atoms. The van der Waals surface area contributed by atoms with Crippen LogP contribution in [-0.2, 0) is 9.53 Å². The standard InChI is InChI=1S/C3H6O2S.ClH/c1-5-3(4)2-6;/h6H,2H2,1H3;1H. The van der Waals surface area contributed by atoms with Crippen molar-refractivity contribution in [3.8, 4) is 0 Å². The van der Waals surface area contributed by atoms with E-state index in [2.05, 4.69) is 17.4 Å². The van der Waals surface area contributed by atoms with Gasteiger partial charge in [0.2, 0.25) is 0 Å². The fourth-order valence-electron chi connectivity index (χ4n) is 0.0645. The van der Waals surface area contributed by atoms with Gasteiger partial charge in [0.05, 0.1) is 12.9 Å². The van der Waals surface area contributed by atoms with Crippen molar-refractivity contribution in [1.29, 1.82) is 0 Å². The largest absolute Gasteiger partial charge is 0.468 e. The maximum atomic E-state index is 9.88. The van der Waals surface area contributed by atoms with E-state index in [-0.39, 0.29) is 24.1 Å². The monoisotopic (exact) mass is 142 g/mol. The van der Waals surface area contributed by atoms with Crippen LogP contribution in [0.5, 0.6) is 0 Å². The Kier molecular flexibility index (Phi) is 8.87. The molecule has 0 aliphatic heterocycles. The van der Waals surface area contributed by atoms with Gasteiger partial charge in [-0.05, 0) is 0 Å². The highest BCUT2D eigenvalue weighted by Crippen LogP contribution is 1.74. The molecule has 2 nitrogen and oxygen atoms in total. The lowest BCUT2D eigenvalue weighted by Crippen LogP contribution is -1.99. The van der Waals surface area contributed by atoms with E-state index in [0.717, 1.165) is 0 Å². The first kappa shape index (κ1) is 10.2. The Morgan fingerprint density at radius 2 is 2.29 bits per heavy atom. The summed E-state index contributed by atoms with van der Waals surface area (Å²) in [6, 6.07) is 0. The first-order chi connectivity index (χ1) is 2.81. The molecule has 0 fully saturated rings. The summed E-state index contributed by atoms with van der Waals surface area (Å²) in [7, 11) is 1.33. The Bertz CT molecular complexity index is 50.9. The van der Waals surface area contributed by atoms with Crippen LogP contribution in [0.2, 0.25) is 0 Å². The molecule has 0 saturated carbocycles. The second kappa shape index (κ2) is 6.11. The molecule has 0 aliphatic rings. The normalized spacial score (nSPS) is 6.57. The van der Waals surface area contributed by atoms with Gasteiger partial charge in [-0.25, -0.2) is 0 Å². The van der Waals surface area contributed by atoms with E-state index < -0.39 is 0 Å². The molecule has 0 atom stereocenters. The molecule has 0 N–H and O–H groups in total. The molecule has 0 saturated heterocycles. The Morgan fingerprint density at radius 1 is 1.86 bits per heavy atom. The van der Waals surface area contributed by atoms with Crippen molar-refractivity contribution in [3.05, 3.63) is 0 Å². The van der Waals surface area contributed by atoms with E-state index in [1.165, 1.54) is 7.11 Å². The van der Waals surface area contributed by atoms with Crippen molar-refractivity contribution in [3.63, 3.8) is 0 Å². The molecule has 4 heteroatoms. The summed E-state index contributed by atoms with van der Waals surface area (Å²) in [6.07, 6.45) is 0. The number of halogens is 1. The van der Waals surface area contributed by atoms with Gasteiger partial charge in [-0.15, -0.1) is 12.4 Å². The van der Waals surface area contributed by atoms with Gasteiger partial charge in [0.1, 0.15) is 0 Å². The predicted octanol–water partition coefficient (Wildman–Crippen LogP) is 0.511. The third kappa shape index (κ3) is 6.11. The van der Waals surface area contributed by atoms with Crippen LogP contribution in [0.4, 0.5) is 0 Å². The first-order valence-electron chi connectivity index (χ1n) is 1.49. The minimum atomic E-state index is -0.293. The van der Waals surface area contributed by atoms with Gasteiger partial charge in [0, 0.05) is 0 Å². The molecule has 0 aromatic heterocycles. The zero-order valence-corrected chi connectivity index (χ0v) is 5.59. The second-order valence-electron chi connectivity index (χ2n) is 0.734. The number of carbonyl (C=O) groups excluding carboxylic acids is 1. The van der Waals surface area contributed by atoms with Gasteiger partial charge in [-0.3, -0.25) is 4.79 Å². The van der Waals surface area contributed by atoms with Crippen molar-refractivity contribution in [1.82, 2.24) is 0 Å². The smallest absolute Gasteiger partial charge is 0.315 e. The molecule has 44 valence electrons. The van der Waals surface area contributed by atoms with Crippen LogP contribution in [0.1, 0.15) is 0 Å². The maximum absolute atomic E-state index is 9.88. The van der Waals surface area contributed by atoms with E-state index in [0.29, 0.717) is 0 Å². The van der Waals surface area contributed by atoms with Gasteiger partial charge in [0.25, 0.3) is 0 Å². The molecule has 0 aliphatic carbocycles. The van der Waals surface area contributed by atoms with E-state index in [1.54, 1.807) is 0 Å². The number of carbonyl (C=O) groups is 1. The molecule has 0 aromatic rings. The maximum Gasteiger partial charge on any atom is 0.315 e. The zero-order chi connectivity index (χ0) is 4.99. The predicted molar refractivity (Wildman–Crippen MR) is 33.1 cm³/mol. The van der Waals surface area contributed by atoms with E-state index in [1.807, 2.05) is 0 Å². The summed E-state index contributed by atoms with van der Waals surface area (Å²) >= 11 is 3.62. The van der Waals surface area contributed by atoms with Crippen LogP contribution < -0.4 is 0 Å². The van der Waals surface area contributed by atoms with Crippen LogP contribution >= 0.6 is 25.0 Å². The summed E-state index contributed by atoms with van der Waals surface area (Å²) in [4.78, 5) is 9.88. The van der Waals surface area contributed by atoms with Gasteiger partial charge < -0.3 is 4.74 Å². The second-order valence-corrected chi connectivity index (χ2v) is 1.05. The lowest BCUT2D eigenvalue weighted by Gasteiger charge is -1.86. The quantitative estimate of drug-likeness (QED) is 0.427. The molecule has 0 spiro atoms. The van der Waals surface area contributed by atoms with Gasteiger partial charge >= 0.3 is 5.97 Å². The van der Waals surface area contributed by atoms with Crippen LogP contribution in [0, 0.1) is 0 Å². The highest BCUT2D eigenvalue weighted by molar-refractivity contribution is 7.81. The number of methoxy groups -OCH3 is 1. The Labute approximate surface area is 54.1 Å². The van der Waals surface area contributed by atoms with Crippen molar-refractivity contribution in [2.75, 3.05) is 12.9 Å². The number of thiol groups is 1. The average Bonchev–Trinajstić information content (AvgIpc) is 1.65. The lowest BCUT2D eigenvalue weighted by molar-refractivity contribution is -0.137. The highest BCUT2D eigenvalue weighted by atomic mass is 35.5. The number of hydrogen-bond acceptors (Lipinski definition) is 3. The lowest BCUT2D eigenvalue weighted by atomic mass is 10.8. The molecule has 0 rings (SSSR count). The number of esters is 1. The van der Waals surface area contributed by atoms with Crippen LogP contribution in [-0.4, -0.2) is 18.8 Å². The number of rotatable bonds is 1. The van der Waals surface area contributed by atoms with Gasteiger partial charge in [0.15, 0.2) is 0 Å².